The summed E-state index contributed by atoms with van der Waals surface area (Å²) < 4.78 is 5.51. The molecular formula is C24H23N3O2. The second kappa shape index (κ2) is 8.10. The third-order valence-corrected chi connectivity index (χ3v) is 5.13. The normalized spacial score (nSPS) is 12.6. The molecule has 0 saturated carbocycles. The third kappa shape index (κ3) is 3.94. The number of ether oxygens (including phenoxy) is 1. The molecule has 1 amide bonds. The molecule has 0 fully saturated rings. The predicted molar refractivity (Wildman–Crippen MR) is 117 cm³/mol. The van der Waals surface area contributed by atoms with E-state index in [1.807, 2.05) is 42.5 Å². The lowest BCUT2D eigenvalue weighted by atomic mass is 9.98. The summed E-state index contributed by atoms with van der Waals surface area (Å²) >= 11 is 0. The monoisotopic (exact) mass is 385 g/mol. The minimum Gasteiger partial charge on any atom is -0.449 e. The van der Waals surface area contributed by atoms with Crippen molar-refractivity contribution in [3.05, 3.63) is 89.5 Å². The van der Waals surface area contributed by atoms with Crippen molar-refractivity contribution in [2.75, 3.05) is 24.6 Å². The fraction of sp³-hybridized carbons (Fsp3) is 0.125. The fourth-order valence-electron chi connectivity index (χ4n) is 3.68. The maximum atomic E-state index is 12.1. The number of hydrogen-bond acceptors (Lipinski definition) is 4. The standard InChI is InChI=1S/C24H23N3O2/c25-22-12-11-16(14-23(22)26)6-5-13-27-24(28)29-15-21-19-9-3-1-7-17(19)18-8-2-4-10-20(18)21/h1-12,14,21H,13,15,25-26H2,(H,27,28). The first-order valence-electron chi connectivity index (χ1n) is 9.54. The van der Waals surface area contributed by atoms with E-state index >= 15 is 0 Å². The van der Waals surface area contributed by atoms with Crippen molar-refractivity contribution >= 4 is 23.5 Å². The summed E-state index contributed by atoms with van der Waals surface area (Å²) in [4.78, 5) is 12.1. The average Bonchev–Trinajstić information content (AvgIpc) is 3.06. The Hall–Kier alpha value is -3.73. The Kier molecular flexibility index (Phi) is 5.20. The summed E-state index contributed by atoms with van der Waals surface area (Å²) in [7, 11) is 0. The van der Waals surface area contributed by atoms with Gasteiger partial charge in [-0.25, -0.2) is 4.79 Å². The number of anilines is 2. The SMILES string of the molecule is Nc1ccc(C=CCNC(=O)OCC2c3ccccc3-c3ccccc32)cc1N. The Morgan fingerprint density at radius 3 is 2.24 bits per heavy atom. The van der Waals surface area contributed by atoms with Crippen molar-refractivity contribution in [2.45, 2.75) is 5.92 Å². The van der Waals surface area contributed by atoms with Gasteiger partial charge in [0.25, 0.3) is 0 Å². The van der Waals surface area contributed by atoms with E-state index in [2.05, 4.69) is 29.6 Å². The topological polar surface area (TPSA) is 90.4 Å². The summed E-state index contributed by atoms with van der Waals surface area (Å²) in [6.45, 7) is 0.666. The van der Waals surface area contributed by atoms with Gasteiger partial charge in [0, 0.05) is 12.5 Å². The lowest BCUT2D eigenvalue weighted by Crippen LogP contribution is -2.26. The maximum Gasteiger partial charge on any atom is 0.407 e. The third-order valence-electron chi connectivity index (χ3n) is 5.13. The van der Waals surface area contributed by atoms with Gasteiger partial charge in [-0.15, -0.1) is 0 Å². The van der Waals surface area contributed by atoms with Crippen molar-refractivity contribution in [1.29, 1.82) is 0 Å². The molecule has 146 valence electrons. The van der Waals surface area contributed by atoms with Crippen LogP contribution in [-0.4, -0.2) is 19.2 Å². The van der Waals surface area contributed by atoms with Crippen LogP contribution in [0.5, 0.6) is 0 Å². The molecule has 5 N–H and O–H groups in total. The molecule has 29 heavy (non-hydrogen) atoms. The summed E-state index contributed by atoms with van der Waals surface area (Å²) in [5, 5.41) is 2.75. The van der Waals surface area contributed by atoms with Crippen molar-refractivity contribution in [1.82, 2.24) is 5.32 Å². The molecule has 4 rings (SSSR count). The zero-order valence-electron chi connectivity index (χ0n) is 16.0. The predicted octanol–water partition coefficient (Wildman–Crippen LogP) is 4.40. The minimum absolute atomic E-state index is 0.0569. The highest BCUT2D eigenvalue weighted by Gasteiger charge is 2.28. The molecule has 1 aliphatic carbocycles. The molecule has 0 aliphatic heterocycles. The molecule has 1 aliphatic rings. The van der Waals surface area contributed by atoms with Gasteiger partial charge >= 0.3 is 6.09 Å². The van der Waals surface area contributed by atoms with Gasteiger partial charge < -0.3 is 21.5 Å². The van der Waals surface area contributed by atoms with E-state index in [-0.39, 0.29) is 5.92 Å². The zero-order chi connectivity index (χ0) is 20.2. The van der Waals surface area contributed by atoms with Crippen LogP contribution in [0.4, 0.5) is 16.2 Å². The smallest absolute Gasteiger partial charge is 0.407 e. The number of fused-ring (bicyclic) bond motifs is 3. The summed E-state index contributed by atoms with van der Waals surface area (Å²) in [5.41, 5.74) is 18.3. The number of carbonyl (C=O) groups excluding carboxylic acids is 1. The number of carbonyl (C=O) groups is 1. The van der Waals surface area contributed by atoms with Gasteiger partial charge in [-0.1, -0.05) is 66.7 Å². The molecule has 0 radical (unpaired) electrons. The number of alkyl carbamates (subject to hydrolysis) is 1. The van der Waals surface area contributed by atoms with E-state index < -0.39 is 6.09 Å². The maximum absolute atomic E-state index is 12.1. The Morgan fingerprint density at radius 1 is 0.931 bits per heavy atom. The second-order valence-corrected chi connectivity index (χ2v) is 7.00. The molecule has 3 aromatic carbocycles. The summed E-state index contributed by atoms with van der Waals surface area (Å²) in [6.07, 6.45) is 3.28. The Balaban J connectivity index is 1.33. The van der Waals surface area contributed by atoms with E-state index in [4.69, 9.17) is 16.2 Å². The molecule has 0 bridgehead atoms. The van der Waals surface area contributed by atoms with Gasteiger partial charge in [0.1, 0.15) is 6.61 Å². The van der Waals surface area contributed by atoms with Crippen molar-refractivity contribution in [3.8, 4) is 11.1 Å². The Bertz CT molecular complexity index is 1030. The highest BCUT2D eigenvalue weighted by atomic mass is 16.5. The first-order chi connectivity index (χ1) is 14.1. The molecule has 0 aromatic heterocycles. The number of nitrogens with one attached hydrogen (secondary N) is 1. The van der Waals surface area contributed by atoms with Crippen molar-refractivity contribution in [2.24, 2.45) is 0 Å². The van der Waals surface area contributed by atoms with E-state index in [0.717, 1.165) is 5.56 Å². The van der Waals surface area contributed by atoms with Gasteiger partial charge in [-0.3, -0.25) is 0 Å². The molecule has 0 unspecified atom stereocenters. The first kappa shape index (κ1) is 18.6. The number of benzene rings is 3. The lowest BCUT2D eigenvalue weighted by molar-refractivity contribution is 0.144. The molecule has 0 atom stereocenters. The zero-order valence-corrected chi connectivity index (χ0v) is 16.0. The largest absolute Gasteiger partial charge is 0.449 e. The second-order valence-electron chi connectivity index (χ2n) is 7.00. The quantitative estimate of drug-likeness (QED) is 0.568. The molecule has 5 nitrogen and oxygen atoms in total. The van der Waals surface area contributed by atoms with Gasteiger partial charge in [0.15, 0.2) is 0 Å². The number of nitrogen functional groups attached to an aromatic ring is 2. The van der Waals surface area contributed by atoms with Crippen LogP contribution in [0.1, 0.15) is 22.6 Å². The average molecular weight is 385 g/mol. The van der Waals surface area contributed by atoms with Crippen LogP contribution in [0.15, 0.2) is 72.8 Å². The molecule has 0 heterocycles. The van der Waals surface area contributed by atoms with E-state index in [0.29, 0.717) is 24.5 Å². The highest BCUT2D eigenvalue weighted by Crippen LogP contribution is 2.44. The summed E-state index contributed by atoms with van der Waals surface area (Å²) in [6, 6.07) is 22.0. The number of amides is 1. The van der Waals surface area contributed by atoms with Gasteiger partial charge in [-0.05, 0) is 39.9 Å². The molecule has 0 saturated heterocycles. The van der Waals surface area contributed by atoms with Crippen LogP contribution in [0.2, 0.25) is 0 Å². The van der Waals surface area contributed by atoms with Gasteiger partial charge in [0.05, 0.1) is 11.4 Å². The van der Waals surface area contributed by atoms with Crippen LogP contribution in [0, 0.1) is 0 Å². The molecule has 3 aromatic rings. The Morgan fingerprint density at radius 2 is 1.59 bits per heavy atom. The fourth-order valence-corrected chi connectivity index (χ4v) is 3.68. The first-order valence-corrected chi connectivity index (χ1v) is 9.54. The van der Waals surface area contributed by atoms with Crippen molar-refractivity contribution in [3.63, 3.8) is 0 Å². The van der Waals surface area contributed by atoms with Crippen LogP contribution >= 0.6 is 0 Å². The van der Waals surface area contributed by atoms with Gasteiger partial charge in [-0.2, -0.15) is 0 Å². The molecule has 0 spiro atoms. The number of nitrogens with two attached hydrogens (primary N) is 2. The van der Waals surface area contributed by atoms with E-state index in [1.54, 1.807) is 12.1 Å². The number of hydrogen-bond donors (Lipinski definition) is 3. The minimum atomic E-state index is -0.437. The lowest BCUT2D eigenvalue weighted by Gasteiger charge is -2.14. The van der Waals surface area contributed by atoms with E-state index in [9.17, 15) is 4.79 Å². The summed E-state index contributed by atoms with van der Waals surface area (Å²) in [5.74, 6) is 0.0569. The Labute approximate surface area is 170 Å². The molecule has 5 heteroatoms. The van der Waals surface area contributed by atoms with Crippen LogP contribution in [-0.2, 0) is 4.74 Å². The van der Waals surface area contributed by atoms with Crippen LogP contribution < -0.4 is 16.8 Å². The van der Waals surface area contributed by atoms with Gasteiger partial charge in [0.2, 0.25) is 0 Å². The van der Waals surface area contributed by atoms with E-state index in [1.165, 1.54) is 22.3 Å². The van der Waals surface area contributed by atoms with Crippen LogP contribution in [0.25, 0.3) is 17.2 Å². The number of rotatable bonds is 5. The van der Waals surface area contributed by atoms with Crippen LogP contribution in [0.3, 0.4) is 0 Å². The highest BCUT2D eigenvalue weighted by molar-refractivity contribution is 5.79. The molecular weight excluding hydrogens is 362 g/mol. The van der Waals surface area contributed by atoms with Crippen molar-refractivity contribution < 1.29 is 9.53 Å².